The van der Waals surface area contributed by atoms with Gasteiger partial charge in [0.1, 0.15) is 11.9 Å². The highest BCUT2D eigenvalue weighted by molar-refractivity contribution is 5.76. The third-order valence-electron chi connectivity index (χ3n) is 5.26. The van der Waals surface area contributed by atoms with Gasteiger partial charge in [0.25, 0.3) is 0 Å². The first-order chi connectivity index (χ1) is 14.7. The molecule has 3 heterocycles. The molecule has 0 spiro atoms. The summed E-state index contributed by atoms with van der Waals surface area (Å²) in [5, 5.41) is 8.15. The summed E-state index contributed by atoms with van der Waals surface area (Å²) in [7, 11) is 1.79. The molecule has 154 valence electrons. The van der Waals surface area contributed by atoms with E-state index in [4.69, 9.17) is 18.6 Å². The van der Waals surface area contributed by atoms with Crippen LogP contribution in [0.3, 0.4) is 0 Å². The molecular weight excluding hydrogens is 386 g/mol. The molecule has 1 amide bonds. The fourth-order valence-electron chi connectivity index (χ4n) is 3.67. The molecule has 0 bridgehead atoms. The molecule has 0 saturated heterocycles. The minimum atomic E-state index is -0.0163. The Morgan fingerprint density at radius 1 is 1.10 bits per heavy atom. The number of carbonyl (C=O) groups excluding carboxylic acids is 1. The molecule has 1 unspecified atom stereocenters. The van der Waals surface area contributed by atoms with Gasteiger partial charge in [-0.1, -0.05) is 18.2 Å². The van der Waals surface area contributed by atoms with Gasteiger partial charge in [0, 0.05) is 31.9 Å². The number of likely N-dealkylation sites (N-methyl/N-ethyl adjacent to an activating group) is 1. The van der Waals surface area contributed by atoms with Crippen molar-refractivity contribution in [2.24, 2.45) is 0 Å². The number of aromatic nitrogens is 2. The molecule has 2 aromatic carbocycles. The van der Waals surface area contributed by atoms with Crippen LogP contribution in [0.2, 0.25) is 0 Å². The fourth-order valence-corrected chi connectivity index (χ4v) is 3.67. The number of hydrogen-bond donors (Lipinski definition) is 0. The minimum Gasteiger partial charge on any atom is -0.488 e. The van der Waals surface area contributed by atoms with Crippen molar-refractivity contribution in [3.8, 4) is 28.7 Å². The Hall–Kier alpha value is -3.55. The molecule has 0 N–H and O–H groups in total. The van der Waals surface area contributed by atoms with Gasteiger partial charge in [0.15, 0.2) is 11.5 Å². The summed E-state index contributed by atoms with van der Waals surface area (Å²) in [5.41, 5.74) is 1.93. The molecule has 1 aromatic heterocycles. The number of aryl methyl sites for hydroxylation is 1. The van der Waals surface area contributed by atoms with Crippen molar-refractivity contribution in [3.63, 3.8) is 0 Å². The van der Waals surface area contributed by atoms with Gasteiger partial charge in [-0.3, -0.25) is 4.79 Å². The Morgan fingerprint density at radius 3 is 2.87 bits per heavy atom. The number of hydrogen-bond acceptors (Lipinski definition) is 7. The minimum absolute atomic E-state index is 0.0115. The molecule has 8 heteroatoms. The third kappa shape index (κ3) is 3.68. The molecule has 3 aromatic rings. The number of fused-ring (bicyclic) bond motifs is 2. The molecule has 1 atom stereocenters. The van der Waals surface area contributed by atoms with Crippen molar-refractivity contribution in [1.29, 1.82) is 0 Å². The number of para-hydroxylation sites is 1. The predicted octanol–water partition coefficient (Wildman–Crippen LogP) is 2.86. The average molecular weight is 407 g/mol. The molecule has 0 aliphatic carbocycles. The van der Waals surface area contributed by atoms with Crippen molar-refractivity contribution in [1.82, 2.24) is 15.1 Å². The number of carbonyl (C=O) groups is 1. The van der Waals surface area contributed by atoms with Crippen LogP contribution in [-0.4, -0.2) is 47.5 Å². The third-order valence-corrected chi connectivity index (χ3v) is 5.26. The number of amides is 1. The van der Waals surface area contributed by atoms with Crippen LogP contribution in [0.25, 0.3) is 11.5 Å². The second-order valence-corrected chi connectivity index (χ2v) is 7.39. The lowest BCUT2D eigenvalue weighted by molar-refractivity contribution is -0.130. The normalized spacial score (nSPS) is 16.2. The maximum absolute atomic E-state index is 12.5. The largest absolute Gasteiger partial charge is 0.488 e. The van der Waals surface area contributed by atoms with E-state index in [0.717, 1.165) is 17.7 Å². The maximum atomic E-state index is 12.5. The average Bonchev–Trinajstić information content (AvgIpc) is 3.49. The van der Waals surface area contributed by atoms with Gasteiger partial charge in [-0.15, -0.1) is 10.2 Å². The predicted molar refractivity (Wildman–Crippen MR) is 106 cm³/mol. The van der Waals surface area contributed by atoms with Crippen LogP contribution >= 0.6 is 0 Å². The summed E-state index contributed by atoms with van der Waals surface area (Å²) < 4.78 is 22.3. The van der Waals surface area contributed by atoms with E-state index in [2.05, 4.69) is 16.3 Å². The van der Waals surface area contributed by atoms with E-state index in [0.29, 0.717) is 42.7 Å². The van der Waals surface area contributed by atoms with Crippen LogP contribution in [0.4, 0.5) is 0 Å². The summed E-state index contributed by atoms with van der Waals surface area (Å²) in [6.07, 6.45) is 1.47. The van der Waals surface area contributed by atoms with E-state index in [1.165, 1.54) is 5.56 Å². The summed E-state index contributed by atoms with van der Waals surface area (Å²) in [6, 6.07) is 13.4. The molecule has 8 nitrogen and oxygen atoms in total. The molecule has 30 heavy (non-hydrogen) atoms. The van der Waals surface area contributed by atoms with Gasteiger partial charge in [-0.2, -0.15) is 0 Å². The monoisotopic (exact) mass is 407 g/mol. The Bertz CT molecular complexity index is 1060. The van der Waals surface area contributed by atoms with E-state index in [-0.39, 0.29) is 18.8 Å². The number of rotatable bonds is 6. The van der Waals surface area contributed by atoms with Crippen LogP contribution in [0.15, 0.2) is 46.9 Å². The molecule has 0 radical (unpaired) electrons. The highest BCUT2D eigenvalue weighted by atomic mass is 16.7. The van der Waals surface area contributed by atoms with E-state index in [1.807, 2.05) is 30.3 Å². The van der Waals surface area contributed by atoms with Gasteiger partial charge in [0.2, 0.25) is 24.5 Å². The number of ether oxygens (including phenoxy) is 3. The summed E-state index contributed by atoms with van der Waals surface area (Å²) in [5.74, 6) is 3.08. The standard InChI is InChI=1S/C22H21N3O5/c1-25(12-16-10-14-4-2-3-5-17(14)29-16)21(26)9-8-20-23-24-22(30-20)15-6-7-18-19(11-15)28-13-27-18/h2-7,11,16H,8-10,12-13H2,1H3. The highest BCUT2D eigenvalue weighted by Gasteiger charge is 2.25. The topological polar surface area (TPSA) is 86.9 Å². The lowest BCUT2D eigenvalue weighted by atomic mass is 10.1. The van der Waals surface area contributed by atoms with E-state index in [9.17, 15) is 4.79 Å². The smallest absolute Gasteiger partial charge is 0.247 e. The van der Waals surface area contributed by atoms with Crippen molar-refractivity contribution >= 4 is 5.91 Å². The first-order valence-electron chi connectivity index (χ1n) is 9.86. The maximum Gasteiger partial charge on any atom is 0.247 e. The van der Waals surface area contributed by atoms with Crippen molar-refractivity contribution < 1.29 is 23.4 Å². The molecule has 2 aliphatic rings. The zero-order valence-corrected chi connectivity index (χ0v) is 16.5. The lowest BCUT2D eigenvalue weighted by Gasteiger charge is -2.20. The molecule has 0 saturated carbocycles. The Kier molecular flexibility index (Phi) is 4.74. The van der Waals surface area contributed by atoms with E-state index >= 15 is 0 Å². The zero-order valence-electron chi connectivity index (χ0n) is 16.5. The van der Waals surface area contributed by atoms with E-state index in [1.54, 1.807) is 18.0 Å². The Labute approximate surface area is 173 Å². The summed E-state index contributed by atoms with van der Waals surface area (Å²) in [4.78, 5) is 14.2. The second-order valence-electron chi connectivity index (χ2n) is 7.39. The summed E-state index contributed by atoms with van der Waals surface area (Å²) in [6.45, 7) is 0.751. The van der Waals surface area contributed by atoms with Crippen LogP contribution in [0.5, 0.6) is 17.2 Å². The van der Waals surface area contributed by atoms with Gasteiger partial charge >= 0.3 is 0 Å². The molecular formula is C22H21N3O5. The molecule has 0 fully saturated rings. The van der Waals surface area contributed by atoms with Gasteiger partial charge in [-0.05, 0) is 29.8 Å². The molecule has 5 rings (SSSR count). The van der Waals surface area contributed by atoms with Crippen molar-refractivity contribution in [3.05, 3.63) is 53.9 Å². The van der Waals surface area contributed by atoms with Gasteiger partial charge < -0.3 is 23.5 Å². The first kappa shape index (κ1) is 18.5. The number of benzene rings is 2. The molecule has 2 aliphatic heterocycles. The van der Waals surface area contributed by atoms with Crippen LogP contribution in [0, 0.1) is 0 Å². The quantitative estimate of drug-likeness (QED) is 0.621. The summed E-state index contributed by atoms with van der Waals surface area (Å²) >= 11 is 0. The lowest BCUT2D eigenvalue weighted by Crippen LogP contribution is -2.36. The van der Waals surface area contributed by atoms with E-state index < -0.39 is 0 Å². The second kappa shape index (κ2) is 7.70. The van der Waals surface area contributed by atoms with Crippen LogP contribution in [0.1, 0.15) is 17.9 Å². The SMILES string of the molecule is CN(CC1Cc2ccccc2O1)C(=O)CCc1nnc(-c2ccc3c(c2)OCO3)o1. The zero-order chi connectivity index (χ0) is 20.5. The highest BCUT2D eigenvalue weighted by Crippen LogP contribution is 2.35. The Morgan fingerprint density at radius 2 is 1.97 bits per heavy atom. The fraction of sp³-hybridized carbons (Fsp3) is 0.318. The first-order valence-corrected chi connectivity index (χ1v) is 9.86. The Balaban J connectivity index is 1.14. The van der Waals surface area contributed by atoms with Crippen LogP contribution < -0.4 is 14.2 Å². The van der Waals surface area contributed by atoms with Crippen molar-refractivity contribution in [2.45, 2.75) is 25.4 Å². The van der Waals surface area contributed by atoms with Crippen molar-refractivity contribution in [2.75, 3.05) is 20.4 Å². The number of nitrogens with zero attached hydrogens (tertiary/aromatic N) is 3. The van der Waals surface area contributed by atoms with Gasteiger partial charge in [0.05, 0.1) is 6.54 Å². The van der Waals surface area contributed by atoms with Gasteiger partial charge in [-0.25, -0.2) is 0 Å². The van der Waals surface area contributed by atoms with Crippen LogP contribution in [-0.2, 0) is 17.6 Å².